The van der Waals surface area contributed by atoms with Gasteiger partial charge in [-0.3, -0.25) is 14.9 Å². The number of carbonyl (C=O) groups excluding carboxylic acids is 1. The van der Waals surface area contributed by atoms with E-state index < -0.39 is 4.92 Å². The van der Waals surface area contributed by atoms with E-state index in [9.17, 15) is 14.9 Å². The van der Waals surface area contributed by atoms with Crippen LogP contribution in [0.2, 0.25) is 0 Å². The first-order chi connectivity index (χ1) is 11.7. The van der Waals surface area contributed by atoms with Gasteiger partial charge in [0.2, 0.25) is 0 Å². The van der Waals surface area contributed by atoms with Crippen molar-refractivity contribution in [3.63, 3.8) is 0 Å². The van der Waals surface area contributed by atoms with Crippen LogP contribution in [-0.2, 0) is 13.0 Å². The summed E-state index contributed by atoms with van der Waals surface area (Å²) in [6.45, 7) is 0.655. The Kier molecular flexibility index (Phi) is 4.70. The predicted molar refractivity (Wildman–Crippen MR) is 93.4 cm³/mol. The summed E-state index contributed by atoms with van der Waals surface area (Å²) in [6, 6.07) is 15.1. The number of aryl methyl sites for hydroxylation is 2. The summed E-state index contributed by atoms with van der Waals surface area (Å²) in [7, 11) is 0. The van der Waals surface area contributed by atoms with Crippen LogP contribution in [0.25, 0.3) is 10.9 Å². The number of fused-ring (bicyclic) bond motifs is 1. The number of benzene rings is 2. The minimum atomic E-state index is -0.391. The van der Waals surface area contributed by atoms with E-state index in [0.29, 0.717) is 23.0 Å². The summed E-state index contributed by atoms with van der Waals surface area (Å²) in [6.07, 6.45) is 5.33. The Morgan fingerprint density at radius 3 is 2.54 bits per heavy atom. The number of para-hydroxylation sites is 1. The zero-order valence-electron chi connectivity index (χ0n) is 13.2. The Balaban J connectivity index is 1.79. The lowest BCUT2D eigenvalue weighted by molar-refractivity contribution is -0.383. The molecule has 0 aliphatic heterocycles. The Morgan fingerprint density at radius 2 is 1.83 bits per heavy atom. The van der Waals surface area contributed by atoms with Crippen molar-refractivity contribution >= 4 is 22.9 Å². The van der Waals surface area contributed by atoms with Crippen LogP contribution in [0.4, 0.5) is 5.69 Å². The van der Waals surface area contributed by atoms with E-state index in [1.54, 1.807) is 18.3 Å². The highest BCUT2D eigenvalue weighted by Gasteiger charge is 2.18. The monoisotopic (exact) mass is 322 g/mol. The van der Waals surface area contributed by atoms with Gasteiger partial charge in [-0.25, -0.2) is 0 Å². The van der Waals surface area contributed by atoms with Crippen LogP contribution < -0.4 is 0 Å². The van der Waals surface area contributed by atoms with Gasteiger partial charge < -0.3 is 4.57 Å². The van der Waals surface area contributed by atoms with Gasteiger partial charge >= 0.3 is 0 Å². The van der Waals surface area contributed by atoms with Gasteiger partial charge in [0.15, 0.2) is 6.29 Å². The Bertz CT molecular complexity index is 869. The van der Waals surface area contributed by atoms with E-state index in [0.717, 1.165) is 25.5 Å². The molecule has 0 fully saturated rings. The number of hydrogen-bond acceptors (Lipinski definition) is 3. The predicted octanol–water partition coefficient (Wildman–Crippen LogP) is 4.38. The molecule has 0 N–H and O–H groups in total. The SMILES string of the molecule is O=Cc1cn(CCCCc2ccccc2)c2c([N+](=O)[O-])cccc12. The lowest BCUT2D eigenvalue weighted by Gasteiger charge is -2.06. The molecule has 0 saturated carbocycles. The maximum absolute atomic E-state index is 11.3. The van der Waals surface area contributed by atoms with Crippen molar-refractivity contribution in [2.75, 3.05) is 0 Å². The molecule has 1 aromatic heterocycles. The number of nitro benzene ring substituents is 1. The molecule has 0 amide bonds. The molecule has 122 valence electrons. The average Bonchev–Trinajstić information content (AvgIpc) is 2.97. The number of aromatic nitrogens is 1. The standard InChI is InChI=1S/C19H18N2O3/c22-14-16-13-20(12-5-4-9-15-7-2-1-3-8-15)19-17(16)10-6-11-18(19)21(23)24/h1-3,6-8,10-11,13-14H,4-5,9,12H2. The molecule has 24 heavy (non-hydrogen) atoms. The first-order valence-electron chi connectivity index (χ1n) is 7.96. The molecular weight excluding hydrogens is 304 g/mol. The smallest absolute Gasteiger partial charge is 0.293 e. The summed E-state index contributed by atoms with van der Waals surface area (Å²) in [5.74, 6) is 0. The van der Waals surface area contributed by atoms with Crippen molar-refractivity contribution in [2.24, 2.45) is 0 Å². The van der Waals surface area contributed by atoms with Gasteiger partial charge in [-0.2, -0.15) is 0 Å². The van der Waals surface area contributed by atoms with Crippen LogP contribution in [0.3, 0.4) is 0 Å². The number of rotatable bonds is 7. The molecule has 1 heterocycles. The highest BCUT2D eigenvalue weighted by atomic mass is 16.6. The number of nitro groups is 1. The Hall–Kier alpha value is -2.95. The number of hydrogen-bond donors (Lipinski definition) is 0. The third kappa shape index (κ3) is 3.20. The first kappa shape index (κ1) is 15.9. The van der Waals surface area contributed by atoms with Gasteiger partial charge in [0.1, 0.15) is 5.52 Å². The number of non-ortho nitro benzene ring substituents is 1. The van der Waals surface area contributed by atoms with Crippen molar-refractivity contribution in [1.82, 2.24) is 4.57 Å². The van der Waals surface area contributed by atoms with E-state index in [1.807, 2.05) is 22.8 Å². The third-order valence-corrected chi connectivity index (χ3v) is 4.19. The van der Waals surface area contributed by atoms with Gasteiger partial charge in [0.05, 0.1) is 4.92 Å². The van der Waals surface area contributed by atoms with Crippen molar-refractivity contribution in [3.05, 3.63) is 76.0 Å². The van der Waals surface area contributed by atoms with Gasteiger partial charge in [-0.1, -0.05) is 42.5 Å². The lowest BCUT2D eigenvalue weighted by atomic mass is 10.1. The molecular formula is C19H18N2O3. The maximum Gasteiger partial charge on any atom is 0.293 e. The van der Waals surface area contributed by atoms with Crippen molar-refractivity contribution < 1.29 is 9.72 Å². The van der Waals surface area contributed by atoms with E-state index in [1.165, 1.54) is 11.6 Å². The highest BCUT2D eigenvalue weighted by Crippen LogP contribution is 2.29. The molecule has 5 heteroatoms. The molecule has 3 aromatic rings. The molecule has 0 unspecified atom stereocenters. The topological polar surface area (TPSA) is 65.1 Å². The molecule has 0 aliphatic rings. The molecule has 2 aromatic carbocycles. The maximum atomic E-state index is 11.3. The minimum absolute atomic E-state index is 0.0451. The molecule has 3 rings (SSSR count). The first-order valence-corrected chi connectivity index (χ1v) is 7.96. The van der Waals surface area contributed by atoms with Crippen LogP contribution >= 0.6 is 0 Å². The fourth-order valence-electron chi connectivity index (χ4n) is 3.04. The van der Waals surface area contributed by atoms with Crippen molar-refractivity contribution in [1.29, 1.82) is 0 Å². The van der Waals surface area contributed by atoms with E-state index in [4.69, 9.17) is 0 Å². The van der Waals surface area contributed by atoms with Gasteiger partial charge in [0, 0.05) is 29.8 Å². The second kappa shape index (κ2) is 7.08. The van der Waals surface area contributed by atoms with Gasteiger partial charge in [0.25, 0.3) is 5.69 Å². The number of carbonyl (C=O) groups is 1. The van der Waals surface area contributed by atoms with E-state index >= 15 is 0 Å². The fourth-order valence-corrected chi connectivity index (χ4v) is 3.04. The minimum Gasteiger partial charge on any atom is -0.341 e. The van der Waals surface area contributed by atoms with Crippen LogP contribution in [0, 0.1) is 10.1 Å². The summed E-state index contributed by atoms with van der Waals surface area (Å²) in [4.78, 5) is 22.1. The molecule has 0 radical (unpaired) electrons. The van der Waals surface area contributed by atoms with Crippen molar-refractivity contribution in [2.45, 2.75) is 25.8 Å². The van der Waals surface area contributed by atoms with E-state index in [2.05, 4.69) is 12.1 Å². The zero-order valence-corrected chi connectivity index (χ0v) is 13.2. The summed E-state index contributed by atoms with van der Waals surface area (Å²) < 4.78 is 1.84. The second-order valence-corrected chi connectivity index (χ2v) is 5.77. The molecule has 0 atom stereocenters. The average molecular weight is 322 g/mol. The van der Waals surface area contributed by atoms with Gasteiger partial charge in [-0.15, -0.1) is 0 Å². The summed E-state index contributed by atoms with van der Waals surface area (Å²) in [5.41, 5.74) is 2.36. The second-order valence-electron chi connectivity index (χ2n) is 5.77. The zero-order chi connectivity index (χ0) is 16.9. The molecule has 0 spiro atoms. The molecule has 0 bridgehead atoms. The fraction of sp³-hybridized carbons (Fsp3) is 0.211. The largest absolute Gasteiger partial charge is 0.341 e. The number of nitrogens with zero attached hydrogens (tertiary/aromatic N) is 2. The molecule has 0 saturated heterocycles. The quantitative estimate of drug-likeness (QED) is 0.280. The highest BCUT2D eigenvalue weighted by molar-refractivity contribution is 6.01. The van der Waals surface area contributed by atoms with Crippen LogP contribution in [0.1, 0.15) is 28.8 Å². The van der Waals surface area contributed by atoms with Crippen molar-refractivity contribution in [3.8, 4) is 0 Å². The Labute approximate surface area is 139 Å². The Morgan fingerprint density at radius 1 is 1.04 bits per heavy atom. The van der Waals surface area contributed by atoms with Gasteiger partial charge in [-0.05, 0) is 24.8 Å². The number of unbranched alkanes of at least 4 members (excludes halogenated alkanes) is 1. The third-order valence-electron chi connectivity index (χ3n) is 4.19. The summed E-state index contributed by atoms with van der Waals surface area (Å²) in [5, 5.41) is 11.9. The van der Waals surface area contributed by atoms with E-state index in [-0.39, 0.29) is 5.69 Å². The number of aldehydes is 1. The van der Waals surface area contributed by atoms with Crippen LogP contribution in [-0.4, -0.2) is 15.8 Å². The molecule has 0 aliphatic carbocycles. The van der Waals surface area contributed by atoms with Crippen LogP contribution in [0.5, 0.6) is 0 Å². The lowest BCUT2D eigenvalue weighted by Crippen LogP contribution is -2.00. The normalized spacial score (nSPS) is 10.8. The molecule has 5 nitrogen and oxygen atoms in total. The summed E-state index contributed by atoms with van der Waals surface area (Å²) >= 11 is 0. The van der Waals surface area contributed by atoms with Crippen LogP contribution in [0.15, 0.2) is 54.7 Å².